The zero-order chi connectivity index (χ0) is 12.7. The lowest BCUT2D eigenvalue weighted by molar-refractivity contribution is -0.126. The highest BCUT2D eigenvalue weighted by atomic mass is 127. The van der Waals surface area contributed by atoms with Crippen molar-refractivity contribution in [1.29, 1.82) is 0 Å². The summed E-state index contributed by atoms with van der Waals surface area (Å²) >= 11 is 2.34. The Balaban J connectivity index is 2.49. The number of halogens is 1. The maximum Gasteiger partial charge on any atom is 0.174 e. The summed E-state index contributed by atoms with van der Waals surface area (Å²) in [6.07, 6.45) is -0.177. The lowest BCUT2D eigenvalue weighted by Gasteiger charge is -2.18. The molecule has 0 fully saturated rings. The molecule has 17 heavy (non-hydrogen) atoms. The molecule has 0 aliphatic carbocycles. The molecule has 1 N–H and O–H groups in total. The first-order chi connectivity index (χ1) is 8.17. The molecule has 0 aliphatic heterocycles. The molecule has 0 saturated heterocycles. The van der Waals surface area contributed by atoms with E-state index in [0.717, 1.165) is 5.69 Å². The van der Waals surface area contributed by atoms with Crippen LogP contribution in [0.3, 0.4) is 0 Å². The van der Waals surface area contributed by atoms with Crippen molar-refractivity contribution in [3.05, 3.63) is 27.3 Å². The molecule has 0 bridgehead atoms. The standard InChI is InChI=1S/C13H20INO2/c1-4-16-13(17-5-2)9-15-11-7-6-10(3)12(14)8-11/h6-8,13,15H,4-5,9H2,1-3H3. The molecule has 1 aromatic carbocycles. The average Bonchev–Trinajstić information content (AvgIpc) is 2.31. The zero-order valence-corrected chi connectivity index (χ0v) is 12.8. The Kier molecular flexibility index (Phi) is 6.84. The highest BCUT2D eigenvalue weighted by Crippen LogP contribution is 2.17. The number of rotatable bonds is 7. The third kappa shape index (κ3) is 5.23. The van der Waals surface area contributed by atoms with Gasteiger partial charge in [0, 0.05) is 22.5 Å². The number of benzene rings is 1. The predicted molar refractivity (Wildman–Crippen MR) is 79.4 cm³/mol. The molecule has 0 saturated carbocycles. The predicted octanol–water partition coefficient (Wildman–Crippen LogP) is 3.41. The van der Waals surface area contributed by atoms with Gasteiger partial charge in [-0.25, -0.2) is 0 Å². The van der Waals surface area contributed by atoms with Crippen LogP contribution < -0.4 is 5.32 Å². The molecule has 0 atom stereocenters. The van der Waals surface area contributed by atoms with Crippen molar-refractivity contribution in [1.82, 2.24) is 0 Å². The van der Waals surface area contributed by atoms with Crippen LogP contribution in [-0.2, 0) is 9.47 Å². The van der Waals surface area contributed by atoms with Crippen LogP contribution in [-0.4, -0.2) is 26.0 Å². The molecule has 0 radical (unpaired) electrons. The van der Waals surface area contributed by atoms with Crippen LogP contribution in [0.25, 0.3) is 0 Å². The summed E-state index contributed by atoms with van der Waals surface area (Å²) in [7, 11) is 0. The van der Waals surface area contributed by atoms with Gasteiger partial charge in [-0.2, -0.15) is 0 Å². The number of hydrogen-bond acceptors (Lipinski definition) is 3. The van der Waals surface area contributed by atoms with Crippen molar-refractivity contribution in [2.45, 2.75) is 27.1 Å². The first kappa shape index (κ1) is 14.7. The minimum Gasteiger partial charge on any atom is -0.380 e. The summed E-state index contributed by atoms with van der Waals surface area (Å²) in [6, 6.07) is 6.32. The average molecular weight is 349 g/mol. The molecular weight excluding hydrogens is 329 g/mol. The Hall–Kier alpha value is -0.330. The Morgan fingerprint density at radius 1 is 1.24 bits per heavy atom. The molecule has 0 amide bonds. The first-order valence-electron chi connectivity index (χ1n) is 5.90. The van der Waals surface area contributed by atoms with E-state index < -0.39 is 0 Å². The highest BCUT2D eigenvalue weighted by molar-refractivity contribution is 14.1. The van der Waals surface area contributed by atoms with E-state index in [9.17, 15) is 0 Å². The normalized spacial score (nSPS) is 10.9. The van der Waals surface area contributed by atoms with Crippen LogP contribution in [0.1, 0.15) is 19.4 Å². The summed E-state index contributed by atoms with van der Waals surface area (Å²) in [5.41, 5.74) is 2.40. The molecule has 0 spiro atoms. The fraction of sp³-hybridized carbons (Fsp3) is 0.538. The maximum absolute atomic E-state index is 5.47. The lowest BCUT2D eigenvalue weighted by Crippen LogP contribution is -2.26. The summed E-state index contributed by atoms with van der Waals surface area (Å²) in [6.45, 7) is 8.05. The van der Waals surface area contributed by atoms with Crippen LogP contribution in [0.4, 0.5) is 5.69 Å². The second kappa shape index (κ2) is 7.89. The number of hydrogen-bond donors (Lipinski definition) is 1. The van der Waals surface area contributed by atoms with E-state index in [-0.39, 0.29) is 6.29 Å². The smallest absolute Gasteiger partial charge is 0.174 e. The number of nitrogens with one attached hydrogen (secondary N) is 1. The summed E-state index contributed by atoms with van der Waals surface area (Å²) in [5.74, 6) is 0. The van der Waals surface area contributed by atoms with E-state index in [1.54, 1.807) is 0 Å². The van der Waals surface area contributed by atoms with E-state index in [1.807, 2.05) is 13.8 Å². The molecule has 1 rings (SSSR count). The van der Waals surface area contributed by atoms with Gasteiger partial charge < -0.3 is 14.8 Å². The van der Waals surface area contributed by atoms with E-state index in [0.29, 0.717) is 19.8 Å². The van der Waals surface area contributed by atoms with Crippen molar-refractivity contribution in [3.63, 3.8) is 0 Å². The summed E-state index contributed by atoms with van der Waals surface area (Å²) < 4.78 is 12.2. The highest BCUT2D eigenvalue weighted by Gasteiger charge is 2.07. The lowest BCUT2D eigenvalue weighted by atomic mass is 10.2. The first-order valence-corrected chi connectivity index (χ1v) is 6.98. The van der Waals surface area contributed by atoms with Crippen molar-refractivity contribution in [2.24, 2.45) is 0 Å². The molecule has 3 nitrogen and oxygen atoms in total. The summed E-state index contributed by atoms with van der Waals surface area (Å²) in [5, 5.41) is 3.33. The number of anilines is 1. The molecule has 0 aromatic heterocycles. The van der Waals surface area contributed by atoms with Crippen molar-refractivity contribution < 1.29 is 9.47 Å². The molecule has 0 aliphatic rings. The maximum atomic E-state index is 5.47. The van der Waals surface area contributed by atoms with Gasteiger partial charge >= 0.3 is 0 Å². The van der Waals surface area contributed by atoms with E-state index in [4.69, 9.17) is 9.47 Å². The largest absolute Gasteiger partial charge is 0.380 e. The molecule has 96 valence electrons. The Morgan fingerprint density at radius 3 is 2.41 bits per heavy atom. The van der Waals surface area contributed by atoms with Crippen LogP contribution in [0.2, 0.25) is 0 Å². The molecule has 1 aromatic rings. The van der Waals surface area contributed by atoms with Gasteiger partial charge in [-0.1, -0.05) is 6.07 Å². The number of ether oxygens (including phenoxy) is 2. The molecular formula is C13H20INO2. The second-order valence-corrected chi connectivity index (χ2v) is 4.85. The van der Waals surface area contributed by atoms with Gasteiger partial charge in [0.15, 0.2) is 6.29 Å². The van der Waals surface area contributed by atoms with Gasteiger partial charge in [-0.15, -0.1) is 0 Å². The second-order valence-electron chi connectivity index (χ2n) is 3.69. The Labute approximate surface area is 117 Å². The van der Waals surface area contributed by atoms with Crippen LogP contribution in [0.5, 0.6) is 0 Å². The SMILES string of the molecule is CCOC(CNc1ccc(C)c(I)c1)OCC. The van der Waals surface area contributed by atoms with Crippen molar-refractivity contribution in [2.75, 3.05) is 25.1 Å². The monoisotopic (exact) mass is 349 g/mol. The topological polar surface area (TPSA) is 30.5 Å². The van der Waals surface area contributed by atoms with E-state index >= 15 is 0 Å². The van der Waals surface area contributed by atoms with Crippen LogP contribution in [0.15, 0.2) is 18.2 Å². The van der Waals surface area contributed by atoms with Crippen LogP contribution >= 0.6 is 22.6 Å². The van der Waals surface area contributed by atoms with Gasteiger partial charge in [0.25, 0.3) is 0 Å². The van der Waals surface area contributed by atoms with E-state index in [1.165, 1.54) is 9.13 Å². The minimum atomic E-state index is -0.177. The Bertz CT molecular complexity index is 338. The van der Waals surface area contributed by atoms with Crippen LogP contribution in [0, 0.1) is 10.5 Å². The van der Waals surface area contributed by atoms with Crippen molar-refractivity contribution in [3.8, 4) is 0 Å². The fourth-order valence-corrected chi connectivity index (χ4v) is 1.96. The van der Waals surface area contributed by atoms with Gasteiger partial charge in [0.1, 0.15) is 0 Å². The summed E-state index contributed by atoms with van der Waals surface area (Å²) in [4.78, 5) is 0. The Morgan fingerprint density at radius 2 is 1.88 bits per heavy atom. The fourth-order valence-electron chi connectivity index (χ4n) is 1.44. The minimum absolute atomic E-state index is 0.177. The molecule has 0 unspecified atom stereocenters. The third-order valence-electron chi connectivity index (χ3n) is 2.35. The quantitative estimate of drug-likeness (QED) is 0.605. The van der Waals surface area contributed by atoms with Crippen molar-refractivity contribution >= 4 is 28.3 Å². The van der Waals surface area contributed by atoms with Gasteiger partial charge in [0.2, 0.25) is 0 Å². The third-order valence-corrected chi connectivity index (χ3v) is 3.51. The molecule has 4 heteroatoms. The van der Waals surface area contributed by atoms with Gasteiger partial charge in [0.05, 0.1) is 6.54 Å². The molecule has 0 heterocycles. The number of aryl methyl sites for hydroxylation is 1. The van der Waals surface area contributed by atoms with Gasteiger partial charge in [-0.05, 0) is 61.1 Å². The van der Waals surface area contributed by atoms with Gasteiger partial charge in [-0.3, -0.25) is 0 Å². The zero-order valence-electron chi connectivity index (χ0n) is 10.6. The van der Waals surface area contributed by atoms with E-state index in [2.05, 4.69) is 53.0 Å².